The Morgan fingerprint density at radius 2 is 1.86 bits per heavy atom. The Morgan fingerprint density at radius 3 is 2.62 bits per heavy atom. The molecule has 2 aromatic rings. The van der Waals surface area contributed by atoms with Crippen LogP contribution in [0.3, 0.4) is 0 Å². The number of hydrogen-bond donors (Lipinski definition) is 2. The number of nitrogens with one attached hydrogen (secondary N) is 1. The van der Waals surface area contributed by atoms with Gasteiger partial charge in [0.05, 0.1) is 6.61 Å². The van der Waals surface area contributed by atoms with Crippen molar-refractivity contribution in [3.63, 3.8) is 0 Å². The van der Waals surface area contributed by atoms with E-state index in [0.29, 0.717) is 25.2 Å². The maximum absolute atomic E-state index is 11.5. The van der Waals surface area contributed by atoms with Gasteiger partial charge in [0.25, 0.3) is 0 Å². The topological polar surface area (TPSA) is 67.8 Å². The van der Waals surface area contributed by atoms with Crippen LogP contribution in [-0.4, -0.2) is 37.4 Å². The Morgan fingerprint density at radius 1 is 1.07 bits per heavy atom. The van der Waals surface area contributed by atoms with Crippen molar-refractivity contribution >= 4 is 17.7 Å². The number of ether oxygens (including phenoxy) is 2. The minimum absolute atomic E-state index is 0.454. The molecule has 2 aromatic carbocycles. The molecule has 0 fully saturated rings. The number of rotatable bonds is 9. The second-order valence-corrected chi connectivity index (χ2v) is 7.15. The van der Waals surface area contributed by atoms with Crippen LogP contribution in [0.4, 0.5) is 5.69 Å². The van der Waals surface area contributed by atoms with E-state index in [4.69, 9.17) is 9.47 Å². The molecule has 0 atom stereocenters. The number of benzene rings is 2. The number of anilines is 1. The molecule has 0 saturated heterocycles. The normalized spacial score (nSPS) is 15.3. The molecule has 3 rings (SSSR count). The number of unbranched alkanes of at least 4 members (excludes halogenated alkanes) is 1. The van der Waals surface area contributed by atoms with Crippen LogP contribution in [0.1, 0.15) is 38.2 Å². The molecule has 1 aliphatic heterocycles. The Labute approximate surface area is 172 Å². The van der Waals surface area contributed by atoms with Crippen LogP contribution in [0.2, 0.25) is 0 Å². The van der Waals surface area contributed by atoms with Crippen molar-refractivity contribution in [3.8, 4) is 16.9 Å². The molecule has 0 saturated carbocycles. The third kappa shape index (κ3) is 6.09. The van der Waals surface area contributed by atoms with E-state index in [2.05, 4.69) is 18.3 Å². The summed E-state index contributed by atoms with van der Waals surface area (Å²) in [6.07, 6.45) is 5.37. The van der Waals surface area contributed by atoms with Gasteiger partial charge in [0.1, 0.15) is 12.4 Å². The van der Waals surface area contributed by atoms with E-state index >= 15 is 0 Å². The molecular formula is C24H29NO4. The molecule has 0 unspecified atom stereocenters. The maximum Gasteiger partial charge on any atom is 0.331 e. The van der Waals surface area contributed by atoms with Crippen LogP contribution in [0.25, 0.3) is 17.2 Å². The second-order valence-electron chi connectivity index (χ2n) is 7.15. The average Bonchev–Trinajstić information content (AvgIpc) is 2.71. The number of fused-ring (bicyclic) bond motifs is 1. The van der Waals surface area contributed by atoms with Gasteiger partial charge >= 0.3 is 5.97 Å². The minimum Gasteiger partial charge on any atom is -0.491 e. The van der Waals surface area contributed by atoms with E-state index in [1.807, 2.05) is 36.4 Å². The second kappa shape index (κ2) is 10.7. The smallest absolute Gasteiger partial charge is 0.331 e. The molecule has 0 spiro atoms. The van der Waals surface area contributed by atoms with Gasteiger partial charge in [-0.3, -0.25) is 0 Å². The standard InChI is InChI=1S/C24H29NO4/c1-2-3-13-28-14-15-29-22-9-6-18(7-10-22)19-8-11-23-21(16-19)17-20(24(26)27)5-4-12-25-23/h6-11,16-17,25H,2-5,12-15H2,1H3,(H,26,27)/b20-17+. The lowest BCUT2D eigenvalue weighted by Crippen LogP contribution is -2.09. The zero-order chi connectivity index (χ0) is 20.5. The van der Waals surface area contributed by atoms with Crippen LogP contribution >= 0.6 is 0 Å². The fourth-order valence-electron chi connectivity index (χ4n) is 3.26. The van der Waals surface area contributed by atoms with Crippen LogP contribution in [0.5, 0.6) is 5.75 Å². The Kier molecular flexibility index (Phi) is 7.70. The molecule has 0 amide bonds. The van der Waals surface area contributed by atoms with Gasteiger partial charge in [-0.15, -0.1) is 0 Å². The monoisotopic (exact) mass is 395 g/mol. The number of carbonyl (C=O) groups is 1. The lowest BCUT2D eigenvalue weighted by Gasteiger charge is -2.16. The number of carboxylic acids is 1. The van der Waals surface area contributed by atoms with Gasteiger partial charge in [0.15, 0.2) is 0 Å². The number of carboxylic acid groups (broad SMARTS) is 1. The van der Waals surface area contributed by atoms with Crippen molar-refractivity contribution in [2.75, 3.05) is 31.7 Å². The van der Waals surface area contributed by atoms with Crippen LogP contribution in [0.15, 0.2) is 48.0 Å². The predicted molar refractivity (Wildman–Crippen MR) is 116 cm³/mol. The Bertz CT molecular complexity index is 842. The van der Waals surface area contributed by atoms with Gasteiger partial charge in [-0.1, -0.05) is 31.5 Å². The van der Waals surface area contributed by atoms with E-state index in [1.54, 1.807) is 6.08 Å². The van der Waals surface area contributed by atoms with E-state index < -0.39 is 5.97 Å². The van der Waals surface area contributed by atoms with E-state index in [1.165, 1.54) is 0 Å². The van der Waals surface area contributed by atoms with Gasteiger partial charge < -0.3 is 19.9 Å². The molecular weight excluding hydrogens is 366 g/mol. The molecule has 5 nitrogen and oxygen atoms in total. The summed E-state index contributed by atoms with van der Waals surface area (Å²) in [4.78, 5) is 11.5. The van der Waals surface area contributed by atoms with Crippen molar-refractivity contribution in [2.45, 2.75) is 32.6 Å². The van der Waals surface area contributed by atoms with E-state index in [9.17, 15) is 9.90 Å². The largest absolute Gasteiger partial charge is 0.491 e. The van der Waals surface area contributed by atoms with Gasteiger partial charge in [-0.05, 0) is 66.3 Å². The lowest BCUT2D eigenvalue weighted by molar-refractivity contribution is -0.132. The number of aliphatic carboxylic acids is 1. The first-order valence-corrected chi connectivity index (χ1v) is 10.3. The molecule has 0 bridgehead atoms. The highest BCUT2D eigenvalue weighted by atomic mass is 16.5. The first-order valence-electron chi connectivity index (χ1n) is 10.3. The van der Waals surface area contributed by atoms with Crippen LogP contribution in [-0.2, 0) is 9.53 Å². The van der Waals surface area contributed by atoms with Crippen molar-refractivity contribution in [1.29, 1.82) is 0 Å². The summed E-state index contributed by atoms with van der Waals surface area (Å²) >= 11 is 0. The first kappa shape index (κ1) is 20.9. The predicted octanol–water partition coefficient (Wildman–Crippen LogP) is 5.22. The maximum atomic E-state index is 11.5. The fourth-order valence-corrected chi connectivity index (χ4v) is 3.26. The summed E-state index contributed by atoms with van der Waals surface area (Å²) in [6.45, 7) is 4.83. The molecule has 1 heterocycles. The molecule has 0 aromatic heterocycles. The zero-order valence-corrected chi connectivity index (χ0v) is 16.9. The van der Waals surface area contributed by atoms with Crippen molar-refractivity contribution in [1.82, 2.24) is 0 Å². The van der Waals surface area contributed by atoms with Crippen molar-refractivity contribution in [3.05, 3.63) is 53.6 Å². The summed E-state index contributed by atoms with van der Waals surface area (Å²) in [5, 5.41) is 12.8. The highest BCUT2D eigenvalue weighted by molar-refractivity contribution is 5.94. The highest BCUT2D eigenvalue weighted by Gasteiger charge is 2.13. The fraction of sp³-hybridized carbons (Fsp3) is 0.375. The highest BCUT2D eigenvalue weighted by Crippen LogP contribution is 2.30. The molecule has 5 heteroatoms. The van der Waals surface area contributed by atoms with Gasteiger partial charge in [0.2, 0.25) is 0 Å². The molecule has 154 valence electrons. The molecule has 29 heavy (non-hydrogen) atoms. The van der Waals surface area contributed by atoms with Crippen molar-refractivity contribution in [2.24, 2.45) is 0 Å². The minimum atomic E-state index is -0.844. The zero-order valence-electron chi connectivity index (χ0n) is 16.9. The van der Waals surface area contributed by atoms with Crippen molar-refractivity contribution < 1.29 is 19.4 Å². The van der Waals surface area contributed by atoms with Gasteiger partial charge in [0, 0.05) is 24.4 Å². The lowest BCUT2D eigenvalue weighted by atomic mass is 9.98. The summed E-state index contributed by atoms with van der Waals surface area (Å²) < 4.78 is 11.2. The SMILES string of the molecule is CCCCOCCOc1ccc(-c2ccc3c(c2)/C=C(/C(=O)O)CCCN3)cc1. The van der Waals surface area contributed by atoms with Crippen LogP contribution < -0.4 is 10.1 Å². The molecule has 1 aliphatic rings. The first-order chi connectivity index (χ1) is 14.2. The van der Waals surface area contributed by atoms with Crippen LogP contribution in [0, 0.1) is 0 Å². The summed E-state index contributed by atoms with van der Waals surface area (Å²) in [5.74, 6) is -0.0303. The summed E-state index contributed by atoms with van der Waals surface area (Å²) in [6, 6.07) is 14.1. The van der Waals surface area contributed by atoms with Gasteiger partial charge in [-0.2, -0.15) is 0 Å². The third-order valence-corrected chi connectivity index (χ3v) is 4.92. The van der Waals surface area contributed by atoms with E-state index in [0.717, 1.165) is 60.5 Å². The molecule has 0 radical (unpaired) electrons. The van der Waals surface area contributed by atoms with E-state index in [-0.39, 0.29) is 0 Å². The molecule has 2 N–H and O–H groups in total. The third-order valence-electron chi connectivity index (χ3n) is 4.92. The van der Waals surface area contributed by atoms with Gasteiger partial charge in [-0.25, -0.2) is 4.79 Å². The number of hydrogen-bond acceptors (Lipinski definition) is 4. The molecule has 0 aliphatic carbocycles. The summed E-state index contributed by atoms with van der Waals surface area (Å²) in [5.41, 5.74) is 4.43. The Hall–Kier alpha value is -2.79. The Balaban J connectivity index is 1.68. The average molecular weight is 395 g/mol. The quantitative estimate of drug-likeness (QED) is 0.570. The summed E-state index contributed by atoms with van der Waals surface area (Å²) in [7, 11) is 0.